The van der Waals surface area contributed by atoms with Crippen LogP contribution in [-0.4, -0.2) is 12.1 Å². The number of rotatable bonds is 5. The van der Waals surface area contributed by atoms with Gasteiger partial charge in [-0.1, -0.05) is 60.7 Å². The van der Waals surface area contributed by atoms with Crippen molar-refractivity contribution in [1.82, 2.24) is 5.32 Å². The van der Waals surface area contributed by atoms with E-state index in [-0.39, 0.29) is 11.6 Å². The molecule has 2 nitrogen and oxygen atoms in total. The molecule has 0 aromatic heterocycles. The Bertz CT molecular complexity index is 478. The topological polar surface area (TPSA) is 38.0 Å². The summed E-state index contributed by atoms with van der Waals surface area (Å²) in [6, 6.07) is 21.3. The van der Waals surface area contributed by atoms with Crippen LogP contribution in [0.4, 0.5) is 0 Å². The molecule has 0 aliphatic heterocycles. The maximum atomic E-state index is 6.19. The quantitative estimate of drug-likeness (QED) is 0.858. The summed E-state index contributed by atoms with van der Waals surface area (Å²) < 4.78 is 0. The molecular weight excluding hydrogens is 232 g/mol. The zero-order valence-electron chi connectivity index (χ0n) is 11.0. The van der Waals surface area contributed by atoms with Crippen LogP contribution in [0.5, 0.6) is 0 Å². The Morgan fingerprint density at radius 1 is 0.895 bits per heavy atom. The molecule has 19 heavy (non-hydrogen) atoms. The van der Waals surface area contributed by atoms with Gasteiger partial charge in [0.15, 0.2) is 0 Å². The summed E-state index contributed by atoms with van der Waals surface area (Å²) in [4.78, 5) is 0. The molecule has 0 atom stereocenters. The molecule has 0 saturated heterocycles. The lowest BCUT2D eigenvalue weighted by atomic mass is 9.98. The second-order valence-corrected chi connectivity index (χ2v) is 5.50. The van der Waals surface area contributed by atoms with Crippen molar-refractivity contribution in [2.24, 2.45) is 5.73 Å². The van der Waals surface area contributed by atoms with Gasteiger partial charge in [-0.15, -0.1) is 0 Å². The molecule has 1 saturated carbocycles. The van der Waals surface area contributed by atoms with E-state index in [0.29, 0.717) is 0 Å². The normalized spacial score (nSPS) is 16.5. The predicted molar refractivity (Wildman–Crippen MR) is 78.9 cm³/mol. The minimum atomic E-state index is 0.0296. The summed E-state index contributed by atoms with van der Waals surface area (Å²) >= 11 is 0. The molecule has 2 aromatic rings. The lowest BCUT2D eigenvalue weighted by Gasteiger charge is -2.22. The van der Waals surface area contributed by atoms with Crippen LogP contribution in [0.1, 0.15) is 30.0 Å². The second kappa shape index (κ2) is 5.16. The lowest BCUT2D eigenvalue weighted by molar-refractivity contribution is 0.526. The van der Waals surface area contributed by atoms with E-state index in [1.54, 1.807) is 0 Å². The first kappa shape index (κ1) is 12.4. The summed E-state index contributed by atoms with van der Waals surface area (Å²) in [5.74, 6) is 0. The molecule has 1 fully saturated rings. The van der Waals surface area contributed by atoms with E-state index < -0.39 is 0 Å². The van der Waals surface area contributed by atoms with Gasteiger partial charge in [-0.05, 0) is 24.0 Å². The van der Waals surface area contributed by atoms with Crippen LogP contribution in [-0.2, 0) is 0 Å². The van der Waals surface area contributed by atoms with E-state index >= 15 is 0 Å². The fourth-order valence-electron chi connectivity index (χ4n) is 2.36. The highest BCUT2D eigenvalue weighted by Gasteiger charge is 2.38. The van der Waals surface area contributed by atoms with Crippen molar-refractivity contribution in [2.75, 3.05) is 6.54 Å². The standard InChI is InChI=1S/C17H20N2/c18-17(11-12-17)13-19-16(14-7-3-1-4-8-14)15-9-5-2-6-10-15/h1-10,16,19H,11-13,18H2. The number of benzene rings is 2. The zero-order valence-corrected chi connectivity index (χ0v) is 11.0. The minimum Gasteiger partial charge on any atom is -0.324 e. The van der Waals surface area contributed by atoms with Gasteiger partial charge in [-0.2, -0.15) is 0 Å². The number of nitrogens with one attached hydrogen (secondary N) is 1. The van der Waals surface area contributed by atoms with E-state index in [1.807, 2.05) is 0 Å². The lowest BCUT2D eigenvalue weighted by Crippen LogP contribution is -2.38. The van der Waals surface area contributed by atoms with Crippen LogP contribution < -0.4 is 11.1 Å². The average molecular weight is 252 g/mol. The van der Waals surface area contributed by atoms with Crippen molar-refractivity contribution in [3.05, 3.63) is 71.8 Å². The molecule has 2 heteroatoms. The number of hydrogen-bond donors (Lipinski definition) is 2. The van der Waals surface area contributed by atoms with Gasteiger partial charge in [0.25, 0.3) is 0 Å². The SMILES string of the molecule is NC1(CNC(c2ccccc2)c2ccccc2)CC1. The summed E-state index contributed by atoms with van der Waals surface area (Å²) in [7, 11) is 0. The first-order valence-corrected chi connectivity index (χ1v) is 6.89. The molecule has 1 aliphatic rings. The minimum absolute atomic E-state index is 0.0296. The maximum Gasteiger partial charge on any atom is 0.0577 e. The van der Waals surface area contributed by atoms with E-state index in [9.17, 15) is 0 Å². The van der Waals surface area contributed by atoms with Crippen molar-refractivity contribution >= 4 is 0 Å². The summed E-state index contributed by atoms with van der Waals surface area (Å²) in [6.07, 6.45) is 2.27. The Balaban J connectivity index is 1.83. The first-order chi connectivity index (χ1) is 9.27. The molecule has 3 N–H and O–H groups in total. The van der Waals surface area contributed by atoms with Gasteiger partial charge in [-0.25, -0.2) is 0 Å². The monoisotopic (exact) mass is 252 g/mol. The van der Waals surface area contributed by atoms with Crippen LogP contribution in [0, 0.1) is 0 Å². The number of nitrogens with two attached hydrogens (primary N) is 1. The fourth-order valence-corrected chi connectivity index (χ4v) is 2.36. The van der Waals surface area contributed by atoms with E-state index in [2.05, 4.69) is 66.0 Å². The average Bonchev–Trinajstić information content (AvgIpc) is 3.20. The first-order valence-electron chi connectivity index (χ1n) is 6.89. The van der Waals surface area contributed by atoms with Gasteiger partial charge in [0.1, 0.15) is 0 Å². The highest BCUT2D eigenvalue weighted by Crippen LogP contribution is 2.32. The Labute approximate surface area is 114 Å². The third-order valence-electron chi connectivity index (χ3n) is 3.82. The van der Waals surface area contributed by atoms with Crippen LogP contribution >= 0.6 is 0 Å². The van der Waals surface area contributed by atoms with Gasteiger partial charge in [0, 0.05) is 12.1 Å². The third kappa shape index (κ3) is 3.03. The van der Waals surface area contributed by atoms with Gasteiger partial charge < -0.3 is 11.1 Å². The Hall–Kier alpha value is -1.64. The summed E-state index contributed by atoms with van der Waals surface area (Å²) in [5.41, 5.74) is 8.80. The third-order valence-corrected chi connectivity index (χ3v) is 3.82. The molecule has 0 heterocycles. The van der Waals surface area contributed by atoms with E-state index in [0.717, 1.165) is 19.4 Å². The maximum absolute atomic E-state index is 6.19. The molecule has 0 bridgehead atoms. The highest BCUT2D eigenvalue weighted by molar-refractivity contribution is 5.31. The van der Waals surface area contributed by atoms with E-state index in [1.165, 1.54) is 11.1 Å². The molecule has 0 unspecified atom stereocenters. The Morgan fingerprint density at radius 2 is 1.37 bits per heavy atom. The fraction of sp³-hybridized carbons (Fsp3) is 0.294. The number of hydrogen-bond acceptors (Lipinski definition) is 2. The predicted octanol–water partition coefficient (Wildman–Crippen LogP) is 2.86. The van der Waals surface area contributed by atoms with Crippen molar-refractivity contribution in [3.8, 4) is 0 Å². The van der Waals surface area contributed by atoms with Gasteiger partial charge >= 0.3 is 0 Å². The van der Waals surface area contributed by atoms with Crippen molar-refractivity contribution in [3.63, 3.8) is 0 Å². The molecular formula is C17H20N2. The Kier molecular flexibility index (Phi) is 3.36. The Morgan fingerprint density at radius 3 is 1.79 bits per heavy atom. The summed E-state index contributed by atoms with van der Waals surface area (Å²) in [5, 5.41) is 3.63. The van der Waals surface area contributed by atoms with Gasteiger partial charge in [-0.3, -0.25) is 0 Å². The van der Waals surface area contributed by atoms with Crippen LogP contribution in [0.3, 0.4) is 0 Å². The molecule has 98 valence electrons. The van der Waals surface area contributed by atoms with Crippen molar-refractivity contribution < 1.29 is 0 Å². The van der Waals surface area contributed by atoms with Crippen LogP contribution in [0.25, 0.3) is 0 Å². The van der Waals surface area contributed by atoms with E-state index in [4.69, 9.17) is 5.73 Å². The molecule has 0 spiro atoms. The van der Waals surface area contributed by atoms with Crippen molar-refractivity contribution in [1.29, 1.82) is 0 Å². The largest absolute Gasteiger partial charge is 0.324 e. The molecule has 2 aromatic carbocycles. The van der Waals surface area contributed by atoms with Crippen LogP contribution in [0.2, 0.25) is 0 Å². The second-order valence-electron chi connectivity index (χ2n) is 5.50. The van der Waals surface area contributed by atoms with Gasteiger partial charge in [0.2, 0.25) is 0 Å². The van der Waals surface area contributed by atoms with Crippen molar-refractivity contribution in [2.45, 2.75) is 24.4 Å². The summed E-state index contributed by atoms with van der Waals surface area (Å²) in [6.45, 7) is 0.876. The zero-order chi connectivity index (χ0) is 13.1. The molecule has 1 aliphatic carbocycles. The molecule has 0 radical (unpaired) electrons. The molecule has 3 rings (SSSR count). The van der Waals surface area contributed by atoms with Crippen LogP contribution in [0.15, 0.2) is 60.7 Å². The van der Waals surface area contributed by atoms with Gasteiger partial charge in [0.05, 0.1) is 6.04 Å². The smallest absolute Gasteiger partial charge is 0.0577 e. The molecule has 0 amide bonds. The highest BCUT2D eigenvalue weighted by atomic mass is 15.0.